The summed E-state index contributed by atoms with van der Waals surface area (Å²) in [6, 6.07) is 7.24. The first-order valence-electron chi connectivity index (χ1n) is 5.02. The number of benzene rings is 1. The first-order chi connectivity index (χ1) is 8.08. The van der Waals surface area contributed by atoms with Crippen molar-refractivity contribution < 1.29 is 4.79 Å². The van der Waals surface area contributed by atoms with Crippen LogP contribution in [-0.2, 0) is 4.79 Å². The van der Waals surface area contributed by atoms with Crippen LogP contribution in [0.4, 0.5) is 0 Å². The highest BCUT2D eigenvalue weighted by atomic mass is 35.5. The second-order valence-corrected chi connectivity index (χ2v) is 4.45. The maximum absolute atomic E-state index is 11.5. The Morgan fingerprint density at radius 1 is 1.24 bits per heavy atom. The van der Waals surface area contributed by atoms with Crippen molar-refractivity contribution in [2.75, 3.05) is 13.6 Å². The van der Waals surface area contributed by atoms with Crippen LogP contribution in [0.15, 0.2) is 40.5 Å². The van der Waals surface area contributed by atoms with E-state index in [0.717, 1.165) is 5.56 Å². The van der Waals surface area contributed by atoms with E-state index in [4.69, 9.17) is 23.2 Å². The molecule has 0 N–H and O–H groups in total. The van der Waals surface area contributed by atoms with Crippen LogP contribution in [0.1, 0.15) is 5.56 Å². The molecule has 1 aliphatic heterocycles. The molecule has 5 heteroatoms. The third-order valence-corrected chi connectivity index (χ3v) is 3.09. The summed E-state index contributed by atoms with van der Waals surface area (Å²) in [6.45, 7) is 0.0984. The number of carbonyl (C=O) groups is 1. The highest BCUT2D eigenvalue weighted by Crippen LogP contribution is 2.16. The van der Waals surface area contributed by atoms with Gasteiger partial charge in [-0.3, -0.25) is 9.79 Å². The van der Waals surface area contributed by atoms with Gasteiger partial charge in [-0.2, -0.15) is 0 Å². The topological polar surface area (TPSA) is 32.7 Å². The van der Waals surface area contributed by atoms with Crippen LogP contribution in [0.5, 0.6) is 0 Å². The highest BCUT2D eigenvalue weighted by Gasteiger charge is 2.16. The summed E-state index contributed by atoms with van der Waals surface area (Å²) < 4.78 is 0. The minimum absolute atomic E-state index is 0.0984. The van der Waals surface area contributed by atoms with Gasteiger partial charge in [-0.1, -0.05) is 35.3 Å². The smallest absolute Gasteiger partial charge is 0.249 e. The van der Waals surface area contributed by atoms with Gasteiger partial charge in [0.05, 0.1) is 5.71 Å². The molecule has 0 aliphatic carbocycles. The Labute approximate surface area is 109 Å². The Morgan fingerprint density at radius 2 is 1.88 bits per heavy atom. The van der Waals surface area contributed by atoms with Crippen molar-refractivity contribution in [1.29, 1.82) is 0 Å². The van der Waals surface area contributed by atoms with E-state index in [9.17, 15) is 4.79 Å². The Morgan fingerprint density at radius 3 is 2.53 bits per heavy atom. The third-order valence-electron chi connectivity index (χ3n) is 2.47. The lowest BCUT2D eigenvalue weighted by Crippen LogP contribution is -2.24. The summed E-state index contributed by atoms with van der Waals surface area (Å²) in [7, 11) is 1.63. The summed E-state index contributed by atoms with van der Waals surface area (Å²) in [5.74, 6) is -0.129. The molecule has 0 saturated heterocycles. The zero-order valence-corrected chi connectivity index (χ0v) is 10.7. The van der Waals surface area contributed by atoms with E-state index in [1.54, 1.807) is 25.3 Å². The SMILES string of the molecule is CN1C(=O)CN=C(c2ccc(Cl)cc2)C=C1Cl. The number of allylic oxidation sites excluding steroid dienone is 1. The van der Waals surface area contributed by atoms with E-state index in [0.29, 0.717) is 15.9 Å². The van der Waals surface area contributed by atoms with Crippen LogP contribution < -0.4 is 0 Å². The molecule has 0 spiro atoms. The fourth-order valence-corrected chi connectivity index (χ4v) is 1.75. The van der Waals surface area contributed by atoms with E-state index in [-0.39, 0.29) is 12.5 Å². The van der Waals surface area contributed by atoms with Crippen molar-refractivity contribution in [3.63, 3.8) is 0 Å². The second-order valence-electron chi connectivity index (χ2n) is 3.63. The average Bonchev–Trinajstić information content (AvgIpc) is 2.44. The fraction of sp³-hybridized carbons (Fsp3) is 0.167. The zero-order chi connectivity index (χ0) is 12.4. The molecule has 0 saturated carbocycles. The Kier molecular flexibility index (Phi) is 3.50. The number of carbonyl (C=O) groups excluding carboxylic acids is 1. The van der Waals surface area contributed by atoms with E-state index in [1.165, 1.54) is 4.90 Å². The summed E-state index contributed by atoms with van der Waals surface area (Å²) in [5.41, 5.74) is 1.57. The van der Waals surface area contributed by atoms with Gasteiger partial charge >= 0.3 is 0 Å². The first kappa shape index (κ1) is 12.1. The average molecular weight is 269 g/mol. The molecule has 17 heavy (non-hydrogen) atoms. The quantitative estimate of drug-likeness (QED) is 0.721. The molecule has 88 valence electrons. The number of amides is 1. The molecule has 0 radical (unpaired) electrons. The number of nitrogens with zero attached hydrogens (tertiary/aromatic N) is 2. The van der Waals surface area contributed by atoms with Crippen LogP contribution >= 0.6 is 23.2 Å². The number of hydrogen-bond acceptors (Lipinski definition) is 2. The van der Waals surface area contributed by atoms with Crippen LogP contribution in [-0.4, -0.2) is 30.1 Å². The monoisotopic (exact) mass is 268 g/mol. The number of rotatable bonds is 1. The van der Waals surface area contributed by atoms with Crippen LogP contribution in [0.3, 0.4) is 0 Å². The number of halogens is 2. The maximum Gasteiger partial charge on any atom is 0.249 e. The normalized spacial score (nSPS) is 16.4. The number of likely N-dealkylation sites (N-methyl/N-ethyl adjacent to an activating group) is 1. The van der Waals surface area contributed by atoms with Crippen molar-refractivity contribution in [1.82, 2.24) is 4.90 Å². The standard InChI is InChI=1S/C12H10Cl2N2O/c1-16-11(14)6-10(15-7-12(16)17)8-2-4-9(13)5-3-8/h2-6H,7H2,1H3. The number of hydrogen-bond donors (Lipinski definition) is 0. The van der Waals surface area contributed by atoms with Gasteiger partial charge in [-0.15, -0.1) is 0 Å². The molecule has 1 aliphatic rings. The van der Waals surface area contributed by atoms with Gasteiger partial charge in [0.25, 0.3) is 0 Å². The maximum atomic E-state index is 11.5. The minimum Gasteiger partial charge on any atom is -0.304 e. The van der Waals surface area contributed by atoms with Crippen LogP contribution in [0, 0.1) is 0 Å². The molecule has 1 amide bonds. The third kappa shape index (κ3) is 2.68. The lowest BCUT2D eigenvalue weighted by molar-refractivity contribution is -0.126. The van der Waals surface area contributed by atoms with Gasteiger partial charge in [0.1, 0.15) is 11.7 Å². The summed E-state index contributed by atoms with van der Waals surface area (Å²) in [6.07, 6.45) is 1.68. The molecule has 3 nitrogen and oxygen atoms in total. The van der Waals surface area contributed by atoms with E-state index < -0.39 is 0 Å². The molecule has 0 unspecified atom stereocenters. The van der Waals surface area contributed by atoms with E-state index in [2.05, 4.69) is 4.99 Å². The van der Waals surface area contributed by atoms with Crippen molar-refractivity contribution in [3.05, 3.63) is 46.1 Å². The number of aliphatic imine (C=N–C) groups is 1. The van der Waals surface area contributed by atoms with Gasteiger partial charge in [-0.25, -0.2) is 0 Å². The van der Waals surface area contributed by atoms with E-state index >= 15 is 0 Å². The first-order valence-corrected chi connectivity index (χ1v) is 5.77. The molecular weight excluding hydrogens is 259 g/mol. The summed E-state index contributed by atoms with van der Waals surface area (Å²) in [5, 5.41) is 1.02. The van der Waals surface area contributed by atoms with Gasteiger partial charge in [-0.05, 0) is 23.8 Å². The fourth-order valence-electron chi connectivity index (χ4n) is 1.43. The molecular formula is C12H10Cl2N2O. The molecule has 1 heterocycles. The van der Waals surface area contributed by atoms with Crippen molar-refractivity contribution >= 4 is 34.8 Å². The predicted octanol–water partition coefficient (Wildman–Crippen LogP) is 2.68. The van der Waals surface area contributed by atoms with Crippen molar-refractivity contribution in [2.45, 2.75) is 0 Å². The molecule has 0 bridgehead atoms. The molecule has 0 aromatic heterocycles. The Hall–Kier alpha value is -1.32. The van der Waals surface area contributed by atoms with Crippen molar-refractivity contribution in [2.24, 2.45) is 4.99 Å². The molecule has 0 atom stereocenters. The van der Waals surface area contributed by atoms with Gasteiger partial charge in [0, 0.05) is 12.1 Å². The summed E-state index contributed by atoms with van der Waals surface area (Å²) in [4.78, 5) is 17.1. The second kappa shape index (κ2) is 4.90. The molecule has 1 aromatic rings. The van der Waals surface area contributed by atoms with E-state index in [1.807, 2.05) is 12.1 Å². The largest absolute Gasteiger partial charge is 0.304 e. The van der Waals surface area contributed by atoms with Crippen LogP contribution in [0.25, 0.3) is 0 Å². The predicted molar refractivity (Wildman–Crippen MR) is 69.6 cm³/mol. The highest BCUT2D eigenvalue weighted by molar-refractivity contribution is 6.33. The lowest BCUT2D eigenvalue weighted by atomic mass is 10.1. The van der Waals surface area contributed by atoms with Gasteiger partial charge in [0.2, 0.25) is 5.91 Å². The Balaban J connectivity index is 2.38. The van der Waals surface area contributed by atoms with Gasteiger partial charge in [0.15, 0.2) is 0 Å². The van der Waals surface area contributed by atoms with Gasteiger partial charge < -0.3 is 4.90 Å². The minimum atomic E-state index is -0.129. The lowest BCUT2D eigenvalue weighted by Gasteiger charge is -2.11. The summed E-state index contributed by atoms with van der Waals surface area (Å²) >= 11 is 11.8. The Bertz CT molecular complexity index is 506. The molecule has 0 fully saturated rings. The molecule has 1 aromatic carbocycles. The van der Waals surface area contributed by atoms with Crippen LogP contribution in [0.2, 0.25) is 5.02 Å². The molecule has 2 rings (SSSR count). The zero-order valence-electron chi connectivity index (χ0n) is 9.15. The van der Waals surface area contributed by atoms with Crippen molar-refractivity contribution in [3.8, 4) is 0 Å².